The minimum absolute atomic E-state index is 0.114. The van der Waals surface area contributed by atoms with Gasteiger partial charge in [-0.15, -0.1) is 0 Å². The summed E-state index contributed by atoms with van der Waals surface area (Å²) in [5.74, 6) is -4.17. The third kappa shape index (κ3) is 4.40. The summed E-state index contributed by atoms with van der Waals surface area (Å²) in [6.45, 7) is 1.59. The Morgan fingerprint density at radius 2 is 1.97 bits per heavy atom. The minimum Gasteiger partial charge on any atom is -0.348 e. The number of hydrogen-bond donors (Lipinski definition) is 1. The highest BCUT2D eigenvalue weighted by Gasteiger charge is 2.34. The summed E-state index contributed by atoms with van der Waals surface area (Å²) in [6.07, 6.45) is 6.80. The van der Waals surface area contributed by atoms with Crippen LogP contribution in [0.2, 0.25) is 0 Å². The molecule has 2 aliphatic rings. The Balaban J connectivity index is 1.56. The lowest BCUT2D eigenvalue weighted by molar-refractivity contribution is -0.118. The van der Waals surface area contributed by atoms with E-state index in [0.29, 0.717) is 34.4 Å². The van der Waals surface area contributed by atoms with Gasteiger partial charge in [0.05, 0.1) is 16.5 Å². The topological polar surface area (TPSA) is 62.3 Å². The highest BCUT2D eigenvalue weighted by Crippen LogP contribution is 2.39. The zero-order valence-electron chi connectivity index (χ0n) is 16.7. The van der Waals surface area contributed by atoms with Crippen molar-refractivity contribution in [2.45, 2.75) is 23.7 Å². The molecular weight excluding hydrogens is 463 g/mol. The largest absolute Gasteiger partial charge is 0.348 e. The smallest absolute Gasteiger partial charge is 0.253 e. The van der Waals surface area contributed by atoms with Crippen LogP contribution in [-0.2, 0) is 11.3 Å². The molecule has 0 saturated heterocycles. The molecule has 2 unspecified atom stereocenters. The zero-order chi connectivity index (χ0) is 23.0. The van der Waals surface area contributed by atoms with E-state index >= 15 is 0 Å². The van der Waals surface area contributed by atoms with Gasteiger partial charge in [-0.1, -0.05) is 35.5 Å². The maximum Gasteiger partial charge on any atom is 0.253 e. The number of anilines is 1. The summed E-state index contributed by atoms with van der Waals surface area (Å²) >= 11 is 7.50. The van der Waals surface area contributed by atoms with Gasteiger partial charge in [-0.2, -0.15) is 0 Å². The highest BCUT2D eigenvalue weighted by molar-refractivity contribution is 8.00. The summed E-state index contributed by atoms with van der Waals surface area (Å²) in [4.78, 5) is 31.3. The van der Waals surface area contributed by atoms with Gasteiger partial charge in [0.2, 0.25) is 5.91 Å². The van der Waals surface area contributed by atoms with E-state index in [0.717, 1.165) is 0 Å². The zero-order valence-corrected chi connectivity index (χ0v) is 18.3. The van der Waals surface area contributed by atoms with Gasteiger partial charge in [0.1, 0.15) is 22.5 Å². The molecule has 0 radical (unpaired) electrons. The Labute approximate surface area is 191 Å². The summed E-state index contributed by atoms with van der Waals surface area (Å²) in [5, 5.41) is 3.25. The first-order valence-corrected chi connectivity index (χ1v) is 10.9. The summed E-state index contributed by atoms with van der Waals surface area (Å²) in [5.41, 5.74) is 0.124. The Bertz CT molecular complexity index is 1150. The predicted molar refractivity (Wildman–Crippen MR) is 116 cm³/mol. The van der Waals surface area contributed by atoms with Crippen LogP contribution in [0.1, 0.15) is 22.8 Å². The SMILES string of the molecule is CC1Sc2ncc(C(=O)NCc3c(F)cc(F)cc3F)cc2N(CC2C=CC=C2Cl)C1=O. The number of hydrogen-bond acceptors (Lipinski definition) is 4. The van der Waals surface area contributed by atoms with Crippen molar-refractivity contribution in [3.8, 4) is 0 Å². The number of halogens is 4. The number of fused-ring (bicyclic) bond motifs is 1. The fourth-order valence-corrected chi connectivity index (χ4v) is 4.63. The molecule has 1 aliphatic carbocycles. The van der Waals surface area contributed by atoms with Crippen LogP contribution < -0.4 is 10.2 Å². The lowest BCUT2D eigenvalue weighted by Crippen LogP contribution is -2.42. The molecule has 0 spiro atoms. The normalized spacial score (nSPS) is 19.7. The van der Waals surface area contributed by atoms with Crippen LogP contribution in [0.25, 0.3) is 0 Å². The number of carbonyl (C=O) groups is 2. The molecule has 4 rings (SSSR count). The van der Waals surface area contributed by atoms with E-state index in [2.05, 4.69) is 10.3 Å². The first-order valence-electron chi connectivity index (χ1n) is 9.68. The fourth-order valence-electron chi connectivity index (χ4n) is 3.45. The van der Waals surface area contributed by atoms with E-state index in [1.807, 2.05) is 12.2 Å². The highest BCUT2D eigenvalue weighted by atomic mass is 35.5. The van der Waals surface area contributed by atoms with Crippen molar-refractivity contribution in [1.82, 2.24) is 10.3 Å². The van der Waals surface area contributed by atoms with Gasteiger partial charge in [0, 0.05) is 47.9 Å². The molecule has 5 nitrogen and oxygen atoms in total. The molecule has 10 heteroatoms. The number of nitrogens with one attached hydrogen (secondary N) is 1. The van der Waals surface area contributed by atoms with Gasteiger partial charge in [-0.05, 0) is 19.1 Å². The van der Waals surface area contributed by atoms with Crippen LogP contribution in [0.4, 0.5) is 18.9 Å². The second-order valence-corrected chi connectivity index (χ2v) is 9.10. The van der Waals surface area contributed by atoms with E-state index in [9.17, 15) is 22.8 Å². The number of thioether (sulfide) groups is 1. The van der Waals surface area contributed by atoms with Gasteiger partial charge in [0.25, 0.3) is 5.91 Å². The van der Waals surface area contributed by atoms with Gasteiger partial charge >= 0.3 is 0 Å². The number of nitrogens with zero attached hydrogens (tertiary/aromatic N) is 2. The molecule has 32 heavy (non-hydrogen) atoms. The molecule has 0 bridgehead atoms. The average molecular weight is 480 g/mol. The molecule has 0 saturated carbocycles. The number of rotatable bonds is 5. The molecule has 2 heterocycles. The van der Waals surface area contributed by atoms with E-state index in [1.165, 1.54) is 24.0 Å². The first-order chi connectivity index (χ1) is 15.2. The molecule has 2 aromatic rings. The fraction of sp³-hybridized carbons (Fsp3) is 0.227. The number of benzene rings is 1. The molecule has 2 atom stereocenters. The number of aromatic nitrogens is 1. The molecule has 2 amide bonds. The van der Waals surface area contributed by atoms with Gasteiger partial charge in [-0.3, -0.25) is 9.59 Å². The number of carbonyl (C=O) groups excluding carboxylic acids is 2. The van der Waals surface area contributed by atoms with Gasteiger partial charge in [0.15, 0.2) is 0 Å². The van der Waals surface area contributed by atoms with Gasteiger partial charge in [-0.25, -0.2) is 18.2 Å². The lowest BCUT2D eigenvalue weighted by Gasteiger charge is -2.33. The number of allylic oxidation sites excluding steroid dienone is 2. The Kier molecular flexibility index (Phi) is 6.30. The van der Waals surface area contributed by atoms with Crippen LogP contribution in [0.5, 0.6) is 0 Å². The van der Waals surface area contributed by atoms with Crippen molar-refractivity contribution in [3.05, 3.63) is 76.2 Å². The van der Waals surface area contributed by atoms with E-state index < -0.39 is 35.5 Å². The molecule has 0 fully saturated rings. The average Bonchev–Trinajstić information content (AvgIpc) is 3.14. The second-order valence-electron chi connectivity index (χ2n) is 7.33. The lowest BCUT2D eigenvalue weighted by atomic mass is 10.1. The maximum absolute atomic E-state index is 13.8. The summed E-state index contributed by atoms with van der Waals surface area (Å²) in [6, 6.07) is 2.61. The predicted octanol–water partition coefficient (Wildman–Crippen LogP) is 4.56. The molecule has 1 aromatic carbocycles. The Morgan fingerprint density at radius 3 is 2.62 bits per heavy atom. The van der Waals surface area contributed by atoms with Crippen molar-refractivity contribution < 1.29 is 22.8 Å². The molecular formula is C22H17ClF3N3O2S. The molecule has 166 valence electrons. The molecule has 1 N–H and O–H groups in total. The van der Waals surface area contributed by atoms with E-state index in [4.69, 9.17) is 11.6 Å². The second kappa shape index (κ2) is 8.99. The summed E-state index contributed by atoms with van der Waals surface area (Å²) < 4.78 is 40.7. The van der Waals surface area contributed by atoms with Crippen molar-refractivity contribution in [2.24, 2.45) is 5.92 Å². The van der Waals surface area contributed by atoms with Crippen LogP contribution in [0.15, 0.2) is 52.7 Å². The van der Waals surface area contributed by atoms with Gasteiger partial charge < -0.3 is 10.2 Å². The third-order valence-electron chi connectivity index (χ3n) is 5.15. The third-order valence-corrected chi connectivity index (χ3v) is 6.65. The van der Waals surface area contributed by atoms with E-state index in [1.54, 1.807) is 17.9 Å². The Hall–Kier alpha value is -2.78. The standard InChI is InChI=1S/C22H17ClF3N3O2S/c1-11-22(31)29(10-12-3-2-4-16(12)23)19-5-13(8-28-21(19)32-11)20(30)27-9-15-17(25)6-14(24)7-18(15)26/h2-8,11-12H,9-10H2,1H3,(H,27,30). The number of pyridine rings is 1. The van der Waals surface area contributed by atoms with Crippen LogP contribution in [-0.4, -0.2) is 28.6 Å². The minimum atomic E-state index is -1.09. The first kappa shape index (κ1) is 22.4. The van der Waals surface area contributed by atoms with Crippen molar-refractivity contribution >= 4 is 40.9 Å². The Morgan fingerprint density at radius 1 is 1.25 bits per heavy atom. The van der Waals surface area contributed by atoms with Crippen LogP contribution in [0.3, 0.4) is 0 Å². The van der Waals surface area contributed by atoms with Crippen molar-refractivity contribution in [3.63, 3.8) is 0 Å². The monoisotopic (exact) mass is 479 g/mol. The van der Waals surface area contributed by atoms with Crippen LogP contribution in [0, 0.1) is 23.4 Å². The van der Waals surface area contributed by atoms with Crippen molar-refractivity contribution in [2.75, 3.05) is 11.4 Å². The van der Waals surface area contributed by atoms with Crippen LogP contribution >= 0.6 is 23.4 Å². The summed E-state index contributed by atoms with van der Waals surface area (Å²) in [7, 11) is 0. The van der Waals surface area contributed by atoms with Crippen molar-refractivity contribution in [1.29, 1.82) is 0 Å². The number of amides is 2. The quantitative estimate of drug-likeness (QED) is 0.682. The molecule has 1 aliphatic heterocycles. The van der Waals surface area contributed by atoms with E-state index in [-0.39, 0.29) is 22.6 Å². The molecule has 1 aromatic heterocycles. The maximum atomic E-state index is 13.8.